The van der Waals surface area contributed by atoms with Gasteiger partial charge in [-0.15, -0.1) is 0 Å². The summed E-state index contributed by atoms with van der Waals surface area (Å²) < 4.78 is 5.54. The average molecular weight is 276 g/mol. The van der Waals surface area contributed by atoms with Crippen molar-refractivity contribution in [3.63, 3.8) is 0 Å². The molecule has 0 radical (unpaired) electrons. The fraction of sp³-hybridized carbons (Fsp3) is 0.467. The standard InChI is InChI=1S/C15H20N2O3/c1-2-20-13-6-4-3-5-12(13)7-8-15(19)17-10-9-16-14(18)11-17/h3-6H,2,7-11H2,1H3,(H,16,18). The molecule has 5 nitrogen and oxygen atoms in total. The highest BCUT2D eigenvalue weighted by atomic mass is 16.5. The van der Waals surface area contributed by atoms with Crippen LogP contribution in [0.1, 0.15) is 18.9 Å². The van der Waals surface area contributed by atoms with Crippen LogP contribution in [0.2, 0.25) is 0 Å². The van der Waals surface area contributed by atoms with Crippen molar-refractivity contribution in [1.82, 2.24) is 10.2 Å². The number of aryl methyl sites for hydroxylation is 1. The van der Waals surface area contributed by atoms with E-state index in [9.17, 15) is 9.59 Å². The van der Waals surface area contributed by atoms with E-state index in [1.807, 2.05) is 31.2 Å². The normalized spacial score (nSPS) is 14.8. The van der Waals surface area contributed by atoms with Gasteiger partial charge in [0.05, 0.1) is 13.2 Å². The lowest BCUT2D eigenvalue weighted by Gasteiger charge is -2.26. The number of carbonyl (C=O) groups is 2. The molecule has 2 amide bonds. The van der Waals surface area contributed by atoms with Gasteiger partial charge in [0.15, 0.2) is 0 Å². The molecule has 0 unspecified atom stereocenters. The molecule has 1 aliphatic rings. The third kappa shape index (κ3) is 3.73. The number of nitrogens with zero attached hydrogens (tertiary/aromatic N) is 1. The highest BCUT2D eigenvalue weighted by Crippen LogP contribution is 2.19. The van der Waals surface area contributed by atoms with E-state index in [2.05, 4.69) is 5.32 Å². The van der Waals surface area contributed by atoms with E-state index in [1.54, 1.807) is 4.90 Å². The van der Waals surface area contributed by atoms with Crippen molar-refractivity contribution in [3.05, 3.63) is 29.8 Å². The maximum atomic E-state index is 12.1. The largest absolute Gasteiger partial charge is 0.494 e. The molecule has 0 spiro atoms. The number of benzene rings is 1. The van der Waals surface area contributed by atoms with Crippen LogP contribution in [0.25, 0.3) is 0 Å². The number of rotatable bonds is 5. The van der Waals surface area contributed by atoms with Crippen molar-refractivity contribution in [1.29, 1.82) is 0 Å². The Morgan fingerprint density at radius 1 is 1.40 bits per heavy atom. The lowest BCUT2D eigenvalue weighted by molar-refractivity contribution is -0.138. The molecular weight excluding hydrogens is 256 g/mol. The molecule has 5 heteroatoms. The van der Waals surface area contributed by atoms with Crippen molar-refractivity contribution in [3.8, 4) is 5.75 Å². The molecule has 20 heavy (non-hydrogen) atoms. The molecule has 1 aromatic rings. The quantitative estimate of drug-likeness (QED) is 0.872. The third-order valence-electron chi connectivity index (χ3n) is 3.27. The van der Waals surface area contributed by atoms with Gasteiger partial charge in [0.1, 0.15) is 5.75 Å². The smallest absolute Gasteiger partial charge is 0.239 e. The summed E-state index contributed by atoms with van der Waals surface area (Å²) in [5, 5.41) is 2.71. The fourth-order valence-electron chi connectivity index (χ4n) is 2.26. The van der Waals surface area contributed by atoms with Crippen LogP contribution < -0.4 is 10.1 Å². The number of para-hydroxylation sites is 1. The predicted octanol–water partition coefficient (Wildman–Crippen LogP) is 0.976. The summed E-state index contributed by atoms with van der Waals surface area (Å²) in [4.78, 5) is 25.0. The molecule has 108 valence electrons. The molecule has 0 aromatic heterocycles. The molecule has 2 rings (SSSR count). The van der Waals surface area contributed by atoms with E-state index < -0.39 is 0 Å². The van der Waals surface area contributed by atoms with Crippen molar-refractivity contribution in [2.75, 3.05) is 26.2 Å². The number of hydrogen-bond donors (Lipinski definition) is 1. The Labute approximate surface area is 118 Å². The van der Waals surface area contributed by atoms with E-state index in [0.717, 1.165) is 11.3 Å². The van der Waals surface area contributed by atoms with E-state index in [0.29, 0.717) is 32.5 Å². The van der Waals surface area contributed by atoms with Gasteiger partial charge in [-0.3, -0.25) is 9.59 Å². The minimum absolute atomic E-state index is 0.0196. The zero-order chi connectivity index (χ0) is 14.4. The zero-order valence-corrected chi connectivity index (χ0v) is 11.7. The van der Waals surface area contributed by atoms with Crippen LogP contribution >= 0.6 is 0 Å². The minimum Gasteiger partial charge on any atom is -0.494 e. The van der Waals surface area contributed by atoms with Gasteiger partial charge in [0, 0.05) is 19.5 Å². The van der Waals surface area contributed by atoms with Crippen molar-refractivity contribution in [2.24, 2.45) is 0 Å². The SMILES string of the molecule is CCOc1ccccc1CCC(=O)N1CCNC(=O)C1. The van der Waals surface area contributed by atoms with Gasteiger partial charge in [0.25, 0.3) is 0 Å². The number of hydrogen-bond acceptors (Lipinski definition) is 3. The first-order valence-corrected chi connectivity index (χ1v) is 6.96. The number of piperazine rings is 1. The van der Waals surface area contributed by atoms with Gasteiger partial charge in [-0.25, -0.2) is 0 Å². The first kappa shape index (κ1) is 14.4. The van der Waals surface area contributed by atoms with E-state index in [4.69, 9.17) is 4.74 Å². The van der Waals surface area contributed by atoms with Crippen molar-refractivity contribution >= 4 is 11.8 Å². The van der Waals surface area contributed by atoms with Crippen LogP contribution in [0, 0.1) is 0 Å². The maximum absolute atomic E-state index is 12.1. The Kier molecular flexibility index (Phi) is 4.98. The Morgan fingerprint density at radius 2 is 2.20 bits per heavy atom. The van der Waals surface area contributed by atoms with Crippen molar-refractivity contribution < 1.29 is 14.3 Å². The van der Waals surface area contributed by atoms with Crippen LogP contribution in [-0.2, 0) is 16.0 Å². The zero-order valence-electron chi connectivity index (χ0n) is 11.7. The number of ether oxygens (including phenoxy) is 1. The van der Waals surface area contributed by atoms with Gasteiger partial charge in [0.2, 0.25) is 11.8 Å². The number of amides is 2. The summed E-state index contributed by atoms with van der Waals surface area (Å²) in [5.74, 6) is 0.768. The lowest BCUT2D eigenvalue weighted by Crippen LogP contribution is -2.50. The van der Waals surface area contributed by atoms with E-state index >= 15 is 0 Å². The molecule has 1 saturated heterocycles. The summed E-state index contributed by atoms with van der Waals surface area (Å²) >= 11 is 0. The van der Waals surface area contributed by atoms with Crippen LogP contribution in [0.15, 0.2) is 24.3 Å². The van der Waals surface area contributed by atoms with Crippen molar-refractivity contribution in [2.45, 2.75) is 19.8 Å². The average Bonchev–Trinajstić information content (AvgIpc) is 2.46. The first-order valence-electron chi connectivity index (χ1n) is 6.96. The van der Waals surface area contributed by atoms with Crippen LogP contribution in [-0.4, -0.2) is 43.0 Å². The molecule has 1 fully saturated rings. The summed E-state index contributed by atoms with van der Waals surface area (Å²) in [6.07, 6.45) is 1.03. The first-order chi connectivity index (χ1) is 9.70. The topological polar surface area (TPSA) is 58.6 Å². The molecular formula is C15H20N2O3. The Morgan fingerprint density at radius 3 is 2.95 bits per heavy atom. The second-order valence-corrected chi connectivity index (χ2v) is 4.71. The molecule has 1 aliphatic heterocycles. The van der Waals surface area contributed by atoms with Gasteiger partial charge in [-0.2, -0.15) is 0 Å². The Bertz CT molecular complexity index is 488. The van der Waals surface area contributed by atoms with Crippen LogP contribution in [0.4, 0.5) is 0 Å². The molecule has 0 aliphatic carbocycles. The number of nitrogens with one attached hydrogen (secondary N) is 1. The van der Waals surface area contributed by atoms with E-state index in [1.165, 1.54) is 0 Å². The van der Waals surface area contributed by atoms with Gasteiger partial charge >= 0.3 is 0 Å². The summed E-state index contributed by atoms with van der Waals surface area (Å²) in [6, 6.07) is 7.75. The van der Waals surface area contributed by atoms with Gasteiger partial charge < -0.3 is 15.0 Å². The number of carbonyl (C=O) groups excluding carboxylic acids is 2. The maximum Gasteiger partial charge on any atom is 0.239 e. The predicted molar refractivity (Wildman–Crippen MR) is 75.5 cm³/mol. The Balaban J connectivity index is 1.91. The van der Waals surface area contributed by atoms with Crippen LogP contribution in [0.3, 0.4) is 0 Å². The summed E-state index contributed by atoms with van der Waals surface area (Å²) in [6.45, 7) is 3.86. The van der Waals surface area contributed by atoms with Gasteiger partial charge in [-0.05, 0) is 25.0 Å². The molecule has 0 bridgehead atoms. The second-order valence-electron chi connectivity index (χ2n) is 4.71. The van der Waals surface area contributed by atoms with Crippen LogP contribution in [0.5, 0.6) is 5.75 Å². The summed E-state index contributed by atoms with van der Waals surface area (Å²) in [5.41, 5.74) is 1.03. The van der Waals surface area contributed by atoms with Gasteiger partial charge in [-0.1, -0.05) is 18.2 Å². The van der Waals surface area contributed by atoms with E-state index in [-0.39, 0.29) is 18.4 Å². The highest BCUT2D eigenvalue weighted by molar-refractivity contribution is 5.86. The summed E-state index contributed by atoms with van der Waals surface area (Å²) in [7, 11) is 0. The molecule has 1 N–H and O–H groups in total. The molecule has 1 heterocycles. The third-order valence-corrected chi connectivity index (χ3v) is 3.27. The monoisotopic (exact) mass is 276 g/mol. The molecule has 1 aromatic carbocycles. The second kappa shape index (κ2) is 6.93. The highest BCUT2D eigenvalue weighted by Gasteiger charge is 2.20. The Hall–Kier alpha value is -2.04. The molecule has 0 saturated carbocycles. The lowest BCUT2D eigenvalue weighted by atomic mass is 10.1. The minimum atomic E-state index is -0.0840. The molecule has 0 atom stereocenters. The fourth-order valence-corrected chi connectivity index (χ4v) is 2.26.